The van der Waals surface area contributed by atoms with Gasteiger partial charge in [0.05, 0.1) is 0 Å². The molecule has 0 N–H and O–H groups in total. The summed E-state index contributed by atoms with van der Waals surface area (Å²) in [5.41, 5.74) is 1.60. The first kappa shape index (κ1) is 8.13. The van der Waals surface area contributed by atoms with Gasteiger partial charge in [0.25, 0.3) is 0 Å². The lowest BCUT2D eigenvalue weighted by Gasteiger charge is -1.98. The molecule has 0 aliphatic heterocycles. The van der Waals surface area contributed by atoms with Gasteiger partial charge in [0.2, 0.25) is 0 Å². The van der Waals surface area contributed by atoms with E-state index in [2.05, 4.69) is 4.98 Å². The van der Waals surface area contributed by atoms with E-state index in [1.165, 1.54) is 0 Å². The van der Waals surface area contributed by atoms with E-state index in [0.29, 0.717) is 5.56 Å². The number of nitrogens with zero attached hydrogens (tertiary/aromatic N) is 1. The first-order chi connectivity index (χ1) is 6.42. The Morgan fingerprint density at radius 2 is 2.31 bits per heavy atom. The van der Waals surface area contributed by atoms with Crippen LogP contribution >= 0.6 is 11.3 Å². The Morgan fingerprint density at radius 3 is 3.00 bits per heavy atom. The minimum Gasteiger partial charge on any atom is -0.298 e. The summed E-state index contributed by atoms with van der Waals surface area (Å²) in [7, 11) is 0. The van der Waals surface area contributed by atoms with Crippen molar-refractivity contribution in [1.82, 2.24) is 4.98 Å². The molecule has 0 bridgehead atoms. The second-order valence-electron chi connectivity index (χ2n) is 2.56. The van der Waals surface area contributed by atoms with Crippen LogP contribution in [0, 0.1) is 0 Å². The molecule has 0 saturated carbocycles. The van der Waals surface area contributed by atoms with E-state index in [4.69, 9.17) is 0 Å². The van der Waals surface area contributed by atoms with Gasteiger partial charge in [0.1, 0.15) is 0 Å². The van der Waals surface area contributed by atoms with Crippen LogP contribution in [0.1, 0.15) is 10.4 Å². The minimum atomic E-state index is 0.692. The van der Waals surface area contributed by atoms with E-state index in [1.807, 2.05) is 17.5 Å². The summed E-state index contributed by atoms with van der Waals surface area (Å²) in [6.45, 7) is 0. The highest BCUT2D eigenvalue weighted by Crippen LogP contribution is 2.25. The second-order valence-corrected chi connectivity index (χ2v) is 3.51. The van der Waals surface area contributed by atoms with Crippen molar-refractivity contribution in [1.29, 1.82) is 0 Å². The molecule has 0 saturated heterocycles. The number of rotatable bonds is 2. The average molecular weight is 189 g/mol. The third-order valence-electron chi connectivity index (χ3n) is 1.77. The van der Waals surface area contributed by atoms with Crippen molar-refractivity contribution in [2.45, 2.75) is 0 Å². The third kappa shape index (κ3) is 1.51. The summed E-state index contributed by atoms with van der Waals surface area (Å²) in [5, 5.41) is 1.98. The van der Waals surface area contributed by atoms with Gasteiger partial charge in [-0.2, -0.15) is 0 Å². The smallest absolute Gasteiger partial charge is 0.150 e. The zero-order valence-electron chi connectivity index (χ0n) is 6.81. The van der Waals surface area contributed by atoms with Crippen LogP contribution < -0.4 is 0 Å². The average Bonchev–Trinajstić information content (AvgIpc) is 2.70. The molecule has 13 heavy (non-hydrogen) atoms. The fourth-order valence-corrected chi connectivity index (χ4v) is 1.90. The van der Waals surface area contributed by atoms with Crippen LogP contribution in [-0.4, -0.2) is 11.3 Å². The molecule has 3 heteroatoms. The van der Waals surface area contributed by atoms with Crippen molar-refractivity contribution in [3.8, 4) is 10.4 Å². The first-order valence-corrected chi connectivity index (χ1v) is 4.73. The van der Waals surface area contributed by atoms with Crippen LogP contribution in [0.4, 0.5) is 0 Å². The van der Waals surface area contributed by atoms with Crippen LogP contribution in [0.15, 0.2) is 36.0 Å². The third-order valence-corrected chi connectivity index (χ3v) is 2.67. The van der Waals surface area contributed by atoms with Gasteiger partial charge in [-0.1, -0.05) is 6.07 Å². The van der Waals surface area contributed by atoms with Crippen molar-refractivity contribution in [3.05, 3.63) is 41.5 Å². The highest BCUT2D eigenvalue weighted by atomic mass is 32.1. The number of hydrogen-bond donors (Lipinski definition) is 0. The molecule has 2 heterocycles. The van der Waals surface area contributed by atoms with Gasteiger partial charge < -0.3 is 0 Å². The lowest BCUT2D eigenvalue weighted by Crippen LogP contribution is -1.85. The number of aldehydes is 1. The maximum Gasteiger partial charge on any atom is 0.150 e. The van der Waals surface area contributed by atoms with Crippen molar-refractivity contribution >= 4 is 17.6 Å². The number of carbonyl (C=O) groups excluding carboxylic acids is 1. The molecular weight excluding hydrogens is 182 g/mol. The Kier molecular flexibility index (Phi) is 2.19. The van der Waals surface area contributed by atoms with Crippen LogP contribution in [-0.2, 0) is 0 Å². The van der Waals surface area contributed by atoms with E-state index in [1.54, 1.807) is 29.8 Å². The van der Waals surface area contributed by atoms with Gasteiger partial charge >= 0.3 is 0 Å². The predicted molar refractivity (Wildman–Crippen MR) is 52.9 cm³/mol. The van der Waals surface area contributed by atoms with Gasteiger partial charge in [0, 0.05) is 28.4 Å². The molecule has 0 radical (unpaired) electrons. The van der Waals surface area contributed by atoms with E-state index in [-0.39, 0.29) is 0 Å². The van der Waals surface area contributed by atoms with E-state index in [9.17, 15) is 4.79 Å². The molecule has 2 aromatic rings. The van der Waals surface area contributed by atoms with Crippen molar-refractivity contribution < 1.29 is 4.79 Å². The van der Waals surface area contributed by atoms with Gasteiger partial charge in [-0.15, -0.1) is 11.3 Å². The maximum absolute atomic E-state index is 10.7. The topological polar surface area (TPSA) is 30.0 Å². The molecule has 0 aliphatic carbocycles. The Labute approximate surface area is 79.9 Å². The fourth-order valence-electron chi connectivity index (χ4n) is 1.15. The minimum absolute atomic E-state index is 0.692. The normalized spacial score (nSPS) is 9.85. The van der Waals surface area contributed by atoms with Crippen molar-refractivity contribution in [3.63, 3.8) is 0 Å². The number of carbonyl (C=O) groups is 1. The molecule has 0 spiro atoms. The number of aromatic nitrogens is 1. The summed E-state index contributed by atoms with van der Waals surface area (Å²) < 4.78 is 0. The molecule has 2 rings (SSSR count). The summed E-state index contributed by atoms with van der Waals surface area (Å²) in [6, 6.07) is 5.66. The molecule has 64 valence electrons. The molecule has 0 unspecified atom stereocenters. The van der Waals surface area contributed by atoms with Crippen LogP contribution in [0.2, 0.25) is 0 Å². The molecule has 0 fully saturated rings. The van der Waals surface area contributed by atoms with Gasteiger partial charge in [-0.05, 0) is 17.5 Å². The molecular formula is C10H7NOS. The lowest BCUT2D eigenvalue weighted by atomic mass is 10.1. The van der Waals surface area contributed by atoms with Crippen LogP contribution in [0.3, 0.4) is 0 Å². The Balaban J connectivity index is 2.57. The summed E-state index contributed by atoms with van der Waals surface area (Å²) in [4.78, 5) is 15.8. The number of pyridine rings is 1. The summed E-state index contributed by atoms with van der Waals surface area (Å²) >= 11 is 1.61. The van der Waals surface area contributed by atoms with Crippen LogP contribution in [0.25, 0.3) is 10.4 Å². The molecule has 0 atom stereocenters. The second kappa shape index (κ2) is 3.49. The largest absolute Gasteiger partial charge is 0.298 e. The van der Waals surface area contributed by atoms with E-state index < -0.39 is 0 Å². The van der Waals surface area contributed by atoms with Crippen molar-refractivity contribution in [2.75, 3.05) is 0 Å². The Morgan fingerprint density at radius 1 is 1.38 bits per heavy atom. The lowest BCUT2D eigenvalue weighted by molar-refractivity contribution is 0.112. The zero-order valence-corrected chi connectivity index (χ0v) is 7.62. The SMILES string of the molecule is O=Cc1ccncc1-c1cccs1. The maximum atomic E-state index is 10.7. The highest BCUT2D eigenvalue weighted by Gasteiger charge is 2.03. The molecule has 2 aromatic heterocycles. The van der Waals surface area contributed by atoms with Gasteiger partial charge in [0.15, 0.2) is 6.29 Å². The number of hydrogen-bond acceptors (Lipinski definition) is 3. The molecule has 0 amide bonds. The molecule has 0 aromatic carbocycles. The Bertz CT molecular complexity index is 409. The predicted octanol–water partition coefficient (Wildman–Crippen LogP) is 2.62. The van der Waals surface area contributed by atoms with Crippen LogP contribution in [0.5, 0.6) is 0 Å². The first-order valence-electron chi connectivity index (χ1n) is 3.85. The standard InChI is InChI=1S/C10H7NOS/c12-7-8-3-4-11-6-9(8)10-2-1-5-13-10/h1-7H. The quantitative estimate of drug-likeness (QED) is 0.680. The monoisotopic (exact) mass is 189 g/mol. The summed E-state index contributed by atoms with van der Waals surface area (Å²) in [6.07, 6.45) is 4.20. The number of thiophene rings is 1. The molecule has 2 nitrogen and oxygen atoms in total. The zero-order chi connectivity index (χ0) is 9.10. The Hall–Kier alpha value is -1.48. The highest BCUT2D eigenvalue weighted by molar-refractivity contribution is 7.13. The van der Waals surface area contributed by atoms with Gasteiger partial charge in [-0.3, -0.25) is 9.78 Å². The van der Waals surface area contributed by atoms with Gasteiger partial charge in [-0.25, -0.2) is 0 Å². The van der Waals surface area contributed by atoms with E-state index >= 15 is 0 Å². The fraction of sp³-hybridized carbons (Fsp3) is 0. The summed E-state index contributed by atoms with van der Waals surface area (Å²) in [5.74, 6) is 0. The molecule has 0 aliphatic rings. The van der Waals surface area contributed by atoms with Crippen molar-refractivity contribution in [2.24, 2.45) is 0 Å². The van der Waals surface area contributed by atoms with E-state index in [0.717, 1.165) is 16.7 Å².